The molecule has 0 aromatic carbocycles. The summed E-state index contributed by atoms with van der Waals surface area (Å²) < 4.78 is 12.4. The molecule has 2 aliphatic heterocycles. The number of carbonyl (C=O) groups is 1. The molecule has 98 valence electrons. The van der Waals surface area contributed by atoms with Gasteiger partial charge in [-0.1, -0.05) is 0 Å². The molecule has 2 aliphatic rings. The summed E-state index contributed by atoms with van der Waals surface area (Å²) in [5.41, 5.74) is 0.749. The minimum atomic E-state index is -0.0248. The number of aromatic nitrogens is 2. The molecule has 2 saturated heterocycles. The van der Waals surface area contributed by atoms with E-state index in [1.54, 1.807) is 6.20 Å². The van der Waals surface area contributed by atoms with Crippen molar-refractivity contribution in [1.29, 1.82) is 0 Å². The Kier molecular flexibility index (Phi) is 3.29. The summed E-state index contributed by atoms with van der Waals surface area (Å²) in [6.45, 7) is 2.68. The average Bonchev–Trinajstić information content (AvgIpc) is 3.12. The topological polar surface area (TPSA) is 65.4 Å². The Balaban J connectivity index is 1.60. The number of nitrogens with zero attached hydrogens (tertiary/aromatic N) is 2. The highest BCUT2D eigenvalue weighted by molar-refractivity contribution is 5.92. The van der Waals surface area contributed by atoms with Crippen LogP contribution in [0.3, 0.4) is 0 Å². The van der Waals surface area contributed by atoms with Gasteiger partial charge in [-0.05, 0) is 12.8 Å². The van der Waals surface area contributed by atoms with E-state index >= 15 is 0 Å². The van der Waals surface area contributed by atoms with Crippen molar-refractivity contribution in [3.63, 3.8) is 0 Å². The predicted molar refractivity (Wildman–Crippen MR) is 64.3 cm³/mol. The molecule has 18 heavy (non-hydrogen) atoms. The first kappa shape index (κ1) is 11.7. The van der Waals surface area contributed by atoms with Gasteiger partial charge in [-0.2, -0.15) is 5.10 Å². The van der Waals surface area contributed by atoms with Crippen molar-refractivity contribution in [1.82, 2.24) is 9.78 Å². The van der Waals surface area contributed by atoms with Gasteiger partial charge in [0.25, 0.3) is 0 Å². The zero-order chi connectivity index (χ0) is 12.4. The highest BCUT2D eigenvalue weighted by Crippen LogP contribution is 2.20. The standard InChI is InChI=1S/C12H17N3O3/c16-12(9-1-3-17-7-9)14-10-5-13-15(6-10)11-2-4-18-8-11/h5-6,9,11H,1-4,7-8H2,(H,14,16)/t9-,11-/m0/s1. The predicted octanol–water partition coefficient (Wildman–Crippen LogP) is 0.819. The van der Waals surface area contributed by atoms with Crippen LogP contribution >= 0.6 is 0 Å². The zero-order valence-corrected chi connectivity index (χ0v) is 10.2. The summed E-state index contributed by atoms with van der Waals surface area (Å²) in [6.07, 6.45) is 5.33. The summed E-state index contributed by atoms with van der Waals surface area (Å²) in [7, 11) is 0. The summed E-state index contributed by atoms with van der Waals surface area (Å²) in [6, 6.07) is 0.297. The molecule has 1 N–H and O–H groups in total. The number of ether oxygens (including phenoxy) is 2. The zero-order valence-electron chi connectivity index (χ0n) is 10.2. The third kappa shape index (κ3) is 2.39. The van der Waals surface area contributed by atoms with Crippen LogP contribution in [0.15, 0.2) is 12.4 Å². The molecule has 3 rings (SSSR count). The van der Waals surface area contributed by atoms with Gasteiger partial charge < -0.3 is 14.8 Å². The van der Waals surface area contributed by atoms with Crippen molar-refractivity contribution in [3.8, 4) is 0 Å². The number of hydrogen-bond donors (Lipinski definition) is 1. The van der Waals surface area contributed by atoms with Gasteiger partial charge >= 0.3 is 0 Å². The maximum Gasteiger partial charge on any atom is 0.229 e. The van der Waals surface area contributed by atoms with Gasteiger partial charge in [0.05, 0.1) is 37.1 Å². The van der Waals surface area contributed by atoms with Crippen LogP contribution in [0, 0.1) is 5.92 Å². The molecule has 0 aliphatic carbocycles. The number of anilines is 1. The van der Waals surface area contributed by atoms with Crippen molar-refractivity contribution >= 4 is 11.6 Å². The van der Waals surface area contributed by atoms with E-state index < -0.39 is 0 Å². The molecule has 2 atom stereocenters. The molecular formula is C12H17N3O3. The van der Waals surface area contributed by atoms with Gasteiger partial charge in [0.1, 0.15) is 0 Å². The Labute approximate surface area is 105 Å². The Bertz CT molecular complexity index is 420. The van der Waals surface area contributed by atoms with E-state index in [0.717, 1.165) is 25.1 Å². The highest BCUT2D eigenvalue weighted by Gasteiger charge is 2.24. The van der Waals surface area contributed by atoms with Gasteiger partial charge in [-0.3, -0.25) is 9.48 Å². The van der Waals surface area contributed by atoms with Crippen LogP contribution in [-0.2, 0) is 14.3 Å². The fourth-order valence-electron chi connectivity index (χ4n) is 2.32. The Hall–Kier alpha value is -1.40. The molecule has 0 spiro atoms. The fourth-order valence-corrected chi connectivity index (χ4v) is 2.32. The highest BCUT2D eigenvalue weighted by atomic mass is 16.5. The van der Waals surface area contributed by atoms with Crippen molar-refractivity contribution in [2.75, 3.05) is 31.7 Å². The second-order valence-corrected chi connectivity index (χ2v) is 4.78. The van der Waals surface area contributed by atoms with E-state index in [0.29, 0.717) is 25.9 Å². The Morgan fingerprint density at radius 1 is 1.33 bits per heavy atom. The molecule has 2 fully saturated rings. The lowest BCUT2D eigenvalue weighted by Crippen LogP contribution is -2.22. The van der Waals surface area contributed by atoms with E-state index in [1.807, 2.05) is 10.9 Å². The molecule has 0 unspecified atom stereocenters. The lowest BCUT2D eigenvalue weighted by atomic mass is 10.1. The van der Waals surface area contributed by atoms with Crippen LogP contribution in [0.25, 0.3) is 0 Å². The van der Waals surface area contributed by atoms with E-state index in [4.69, 9.17) is 9.47 Å². The maximum atomic E-state index is 11.9. The fraction of sp³-hybridized carbons (Fsp3) is 0.667. The molecule has 6 heteroatoms. The normalized spacial score (nSPS) is 27.6. The molecular weight excluding hydrogens is 234 g/mol. The van der Waals surface area contributed by atoms with Crippen LogP contribution in [0.1, 0.15) is 18.9 Å². The van der Waals surface area contributed by atoms with Crippen LogP contribution in [0.2, 0.25) is 0 Å². The second-order valence-electron chi connectivity index (χ2n) is 4.78. The third-order valence-electron chi connectivity index (χ3n) is 3.45. The SMILES string of the molecule is O=C(Nc1cnn([C@H]2CCOC2)c1)[C@H]1CCOC1. The molecule has 1 aromatic heterocycles. The summed E-state index contributed by atoms with van der Waals surface area (Å²) >= 11 is 0. The first-order chi connectivity index (χ1) is 8.83. The maximum absolute atomic E-state index is 11.9. The minimum Gasteiger partial charge on any atom is -0.381 e. The van der Waals surface area contributed by atoms with E-state index in [-0.39, 0.29) is 11.8 Å². The third-order valence-corrected chi connectivity index (χ3v) is 3.45. The van der Waals surface area contributed by atoms with Crippen molar-refractivity contribution < 1.29 is 14.3 Å². The first-order valence-electron chi connectivity index (χ1n) is 6.33. The lowest BCUT2D eigenvalue weighted by Gasteiger charge is -2.08. The van der Waals surface area contributed by atoms with Crippen molar-refractivity contribution in [3.05, 3.63) is 12.4 Å². The van der Waals surface area contributed by atoms with Gasteiger partial charge in [0.2, 0.25) is 5.91 Å². The minimum absolute atomic E-state index is 0.0229. The largest absolute Gasteiger partial charge is 0.381 e. The van der Waals surface area contributed by atoms with E-state index in [1.165, 1.54) is 0 Å². The Morgan fingerprint density at radius 2 is 2.17 bits per heavy atom. The van der Waals surface area contributed by atoms with E-state index in [2.05, 4.69) is 10.4 Å². The molecule has 6 nitrogen and oxygen atoms in total. The lowest BCUT2D eigenvalue weighted by molar-refractivity contribution is -0.119. The molecule has 0 saturated carbocycles. The smallest absolute Gasteiger partial charge is 0.229 e. The second kappa shape index (κ2) is 5.07. The molecule has 0 bridgehead atoms. The van der Waals surface area contributed by atoms with E-state index in [9.17, 15) is 4.79 Å². The number of hydrogen-bond acceptors (Lipinski definition) is 4. The molecule has 0 radical (unpaired) electrons. The van der Waals surface area contributed by atoms with Gasteiger partial charge in [0, 0.05) is 19.4 Å². The van der Waals surface area contributed by atoms with Crippen LogP contribution in [-0.4, -0.2) is 42.1 Å². The molecule has 1 amide bonds. The molecule has 3 heterocycles. The summed E-state index contributed by atoms with van der Waals surface area (Å²) in [5, 5.41) is 7.15. The summed E-state index contributed by atoms with van der Waals surface area (Å²) in [4.78, 5) is 11.9. The number of rotatable bonds is 3. The first-order valence-corrected chi connectivity index (χ1v) is 6.33. The van der Waals surface area contributed by atoms with Crippen molar-refractivity contribution in [2.24, 2.45) is 5.92 Å². The average molecular weight is 251 g/mol. The van der Waals surface area contributed by atoms with Crippen LogP contribution in [0.4, 0.5) is 5.69 Å². The van der Waals surface area contributed by atoms with Crippen molar-refractivity contribution in [2.45, 2.75) is 18.9 Å². The Morgan fingerprint density at radius 3 is 2.89 bits per heavy atom. The monoisotopic (exact) mass is 251 g/mol. The summed E-state index contributed by atoms with van der Waals surface area (Å²) in [5.74, 6) is -0.00196. The van der Waals surface area contributed by atoms with Gasteiger partial charge in [0.15, 0.2) is 0 Å². The number of carbonyl (C=O) groups excluding carboxylic acids is 1. The van der Waals surface area contributed by atoms with Crippen LogP contribution in [0.5, 0.6) is 0 Å². The number of nitrogens with one attached hydrogen (secondary N) is 1. The molecule has 1 aromatic rings. The van der Waals surface area contributed by atoms with Gasteiger partial charge in [-0.15, -0.1) is 0 Å². The quantitative estimate of drug-likeness (QED) is 0.863. The number of amides is 1. The van der Waals surface area contributed by atoms with Crippen LogP contribution < -0.4 is 5.32 Å². The van der Waals surface area contributed by atoms with Gasteiger partial charge in [-0.25, -0.2) is 0 Å².